The summed E-state index contributed by atoms with van der Waals surface area (Å²) >= 11 is 0. The highest BCUT2D eigenvalue weighted by Gasteiger charge is 2.12. The van der Waals surface area contributed by atoms with E-state index in [0.717, 1.165) is 6.08 Å². The number of nitro benzene ring substituents is 1. The zero-order valence-corrected chi connectivity index (χ0v) is 10.3. The molecule has 0 bridgehead atoms. The van der Waals surface area contributed by atoms with Crippen LogP contribution in [0.25, 0.3) is 0 Å². The van der Waals surface area contributed by atoms with Crippen LogP contribution in [0.2, 0.25) is 0 Å². The van der Waals surface area contributed by atoms with Gasteiger partial charge in [0.05, 0.1) is 4.92 Å². The maximum absolute atomic E-state index is 12.0. The van der Waals surface area contributed by atoms with Crippen LogP contribution in [0.1, 0.15) is 15.9 Å². The second kappa shape index (κ2) is 7.35. The Morgan fingerprint density at radius 2 is 1.60 bits per heavy atom. The summed E-state index contributed by atoms with van der Waals surface area (Å²) in [7, 11) is 0. The minimum absolute atomic E-state index is 0.0771. The molecule has 6 heteroatoms. The van der Waals surface area contributed by atoms with Crippen molar-refractivity contribution in [3.05, 3.63) is 75.8 Å². The maximum Gasteiger partial charge on any atom is 0.270 e. The number of ketones is 1. The molecule has 0 radical (unpaired) electrons. The van der Waals surface area contributed by atoms with Gasteiger partial charge in [-0.2, -0.15) is 0 Å². The van der Waals surface area contributed by atoms with Gasteiger partial charge in [0.25, 0.3) is 5.69 Å². The largest absolute Gasteiger partial charge is 0.289 e. The van der Waals surface area contributed by atoms with E-state index >= 15 is 0 Å². The molecule has 0 aromatic heterocycles. The van der Waals surface area contributed by atoms with Gasteiger partial charge in [-0.15, -0.1) is 0 Å². The number of carbonyl (C=O) groups is 1. The van der Waals surface area contributed by atoms with Gasteiger partial charge in [0.15, 0.2) is 5.78 Å². The fourth-order valence-corrected chi connectivity index (χ4v) is 1.52. The second-order valence-corrected chi connectivity index (χ2v) is 3.60. The van der Waals surface area contributed by atoms with Crippen molar-refractivity contribution in [1.29, 1.82) is 5.41 Å². The van der Waals surface area contributed by atoms with Gasteiger partial charge in [-0.1, -0.05) is 42.5 Å². The van der Waals surface area contributed by atoms with Gasteiger partial charge >= 0.3 is 0 Å². The van der Waals surface area contributed by atoms with E-state index in [2.05, 4.69) is 0 Å². The van der Waals surface area contributed by atoms with E-state index in [1.165, 1.54) is 18.2 Å². The quantitative estimate of drug-likeness (QED) is 0.304. The first-order valence-electron chi connectivity index (χ1n) is 5.48. The van der Waals surface area contributed by atoms with Crippen LogP contribution in [0, 0.1) is 15.5 Å². The molecule has 2 aromatic carbocycles. The lowest BCUT2D eigenvalue weighted by molar-refractivity contribution is -0.384. The Morgan fingerprint density at radius 1 is 1.05 bits per heavy atom. The van der Waals surface area contributed by atoms with E-state index in [1.54, 1.807) is 30.3 Å². The molecule has 0 spiro atoms. The zero-order valence-electron chi connectivity index (χ0n) is 10.3. The number of carbonyl (C=O) groups excluding carboxylic acids is 2. The number of benzene rings is 2. The molecule has 0 aliphatic carbocycles. The Bertz CT molecular complexity index is 647. The normalized spacial score (nSPS) is 8.80. The summed E-state index contributed by atoms with van der Waals surface area (Å²) in [6.45, 7) is 0. The summed E-state index contributed by atoms with van der Waals surface area (Å²) in [5, 5.41) is 16.0. The summed E-state index contributed by atoms with van der Waals surface area (Å²) in [5.74, 6) is -0.214. The van der Waals surface area contributed by atoms with Crippen molar-refractivity contribution < 1.29 is 14.5 Å². The minimum Gasteiger partial charge on any atom is -0.289 e. The summed E-state index contributed by atoms with van der Waals surface area (Å²) < 4.78 is 0. The van der Waals surface area contributed by atoms with Gasteiger partial charge in [-0.05, 0) is 0 Å². The SMILES string of the molecule is N=C=O.O=C(c1ccccc1)c1cccc([N+](=O)[O-])c1. The molecule has 0 aliphatic heterocycles. The van der Waals surface area contributed by atoms with Crippen molar-refractivity contribution in [2.45, 2.75) is 0 Å². The van der Waals surface area contributed by atoms with E-state index < -0.39 is 4.92 Å². The number of non-ortho nitro benzene ring substituents is 1. The first-order valence-corrected chi connectivity index (χ1v) is 5.48. The van der Waals surface area contributed by atoms with Crippen LogP contribution in [0.3, 0.4) is 0 Å². The average molecular weight is 270 g/mol. The smallest absolute Gasteiger partial charge is 0.270 e. The van der Waals surface area contributed by atoms with Gasteiger partial charge in [0.2, 0.25) is 6.08 Å². The van der Waals surface area contributed by atoms with E-state index in [4.69, 9.17) is 10.2 Å². The summed E-state index contributed by atoms with van der Waals surface area (Å²) in [6.07, 6.45) is 0.750. The molecule has 6 nitrogen and oxygen atoms in total. The molecule has 0 aliphatic rings. The molecule has 100 valence electrons. The monoisotopic (exact) mass is 270 g/mol. The molecule has 0 saturated carbocycles. The van der Waals surface area contributed by atoms with Crippen molar-refractivity contribution in [3.63, 3.8) is 0 Å². The lowest BCUT2D eigenvalue weighted by atomic mass is 10.0. The summed E-state index contributed by atoms with van der Waals surface area (Å²) in [6, 6.07) is 14.4. The lowest BCUT2D eigenvalue weighted by Crippen LogP contribution is -2.01. The lowest BCUT2D eigenvalue weighted by Gasteiger charge is -2.00. The average Bonchev–Trinajstić information content (AvgIpc) is 2.48. The molecule has 0 atom stereocenters. The zero-order chi connectivity index (χ0) is 15.0. The van der Waals surface area contributed by atoms with Gasteiger partial charge in [0.1, 0.15) is 0 Å². The molecule has 0 saturated heterocycles. The first kappa shape index (κ1) is 14.9. The van der Waals surface area contributed by atoms with Crippen molar-refractivity contribution >= 4 is 17.6 Å². The number of isocyanates is 1. The second-order valence-electron chi connectivity index (χ2n) is 3.60. The van der Waals surface area contributed by atoms with Gasteiger partial charge in [-0.3, -0.25) is 14.9 Å². The Kier molecular flexibility index (Phi) is 5.50. The van der Waals surface area contributed by atoms with Gasteiger partial charge in [0, 0.05) is 23.3 Å². The number of hydrogen-bond acceptors (Lipinski definition) is 5. The standard InChI is InChI=1S/C13H9NO3.CHNO/c15-13(10-5-2-1-3-6-10)11-7-4-8-12(9-11)14(16)17;2-1-3/h1-9H;2H. The van der Waals surface area contributed by atoms with Crippen LogP contribution < -0.4 is 0 Å². The molecule has 0 heterocycles. The fraction of sp³-hybridized carbons (Fsp3) is 0. The van der Waals surface area contributed by atoms with Crippen molar-refractivity contribution in [1.82, 2.24) is 0 Å². The number of nitro groups is 1. The van der Waals surface area contributed by atoms with Crippen LogP contribution >= 0.6 is 0 Å². The van der Waals surface area contributed by atoms with Crippen molar-refractivity contribution in [2.24, 2.45) is 0 Å². The topological polar surface area (TPSA) is 101 Å². The van der Waals surface area contributed by atoms with Crippen LogP contribution in [0.15, 0.2) is 54.6 Å². The maximum atomic E-state index is 12.0. The molecule has 0 fully saturated rings. The predicted molar refractivity (Wildman–Crippen MR) is 71.4 cm³/mol. The molecule has 2 aromatic rings. The molecule has 1 N–H and O–H groups in total. The molecule has 0 unspecified atom stereocenters. The highest BCUT2D eigenvalue weighted by molar-refractivity contribution is 6.09. The number of hydrogen-bond donors (Lipinski definition) is 1. The summed E-state index contributed by atoms with van der Waals surface area (Å²) in [4.78, 5) is 30.4. The minimum atomic E-state index is -0.512. The molecular weight excluding hydrogens is 260 g/mol. The Hall–Kier alpha value is -3.11. The fourth-order valence-electron chi connectivity index (χ4n) is 1.52. The molecule has 0 amide bonds. The number of nitrogens with zero attached hydrogens (tertiary/aromatic N) is 1. The number of nitrogens with one attached hydrogen (secondary N) is 1. The molecular formula is C14H10N2O4. The van der Waals surface area contributed by atoms with Gasteiger partial charge < -0.3 is 0 Å². The number of rotatable bonds is 3. The Balaban J connectivity index is 0.000000612. The molecule has 2 rings (SSSR count). The van der Waals surface area contributed by atoms with Crippen LogP contribution in [-0.4, -0.2) is 16.8 Å². The Morgan fingerprint density at radius 3 is 2.15 bits per heavy atom. The van der Waals surface area contributed by atoms with E-state index in [-0.39, 0.29) is 11.5 Å². The highest BCUT2D eigenvalue weighted by atomic mass is 16.6. The van der Waals surface area contributed by atoms with Crippen LogP contribution in [0.5, 0.6) is 0 Å². The third-order valence-corrected chi connectivity index (χ3v) is 2.36. The Labute approximate surface area is 114 Å². The van der Waals surface area contributed by atoms with Crippen molar-refractivity contribution in [2.75, 3.05) is 0 Å². The van der Waals surface area contributed by atoms with Crippen LogP contribution in [-0.2, 0) is 4.79 Å². The molecule has 20 heavy (non-hydrogen) atoms. The first-order chi connectivity index (χ1) is 9.60. The third kappa shape index (κ3) is 3.97. The third-order valence-electron chi connectivity index (χ3n) is 2.36. The van der Waals surface area contributed by atoms with Crippen molar-refractivity contribution in [3.8, 4) is 0 Å². The van der Waals surface area contributed by atoms with E-state index in [9.17, 15) is 14.9 Å². The van der Waals surface area contributed by atoms with E-state index in [0.29, 0.717) is 11.1 Å². The van der Waals surface area contributed by atoms with Crippen LogP contribution in [0.4, 0.5) is 5.69 Å². The highest BCUT2D eigenvalue weighted by Crippen LogP contribution is 2.16. The van der Waals surface area contributed by atoms with Gasteiger partial charge in [-0.25, -0.2) is 10.2 Å². The summed E-state index contributed by atoms with van der Waals surface area (Å²) in [5.41, 5.74) is 0.769. The predicted octanol–water partition coefficient (Wildman–Crippen LogP) is 2.73. The van der Waals surface area contributed by atoms with E-state index in [1.807, 2.05) is 6.07 Å².